The van der Waals surface area contributed by atoms with Crippen molar-refractivity contribution in [3.05, 3.63) is 23.8 Å². The summed E-state index contributed by atoms with van der Waals surface area (Å²) in [7, 11) is 0. The highest BCUT2D eigenvalue weighted by molar-refractivity contribution is 5.83. The minimum Gasteiger partial charge on any atom is -0.465 e. The Morgan fingerprint density at radius 1 is 1.21 bits per heavy atom. The molecule has 1 fully saturated rings. The number of nitrogens with one attached hydrogen (secondary N) is 1. The Bertz CT molecular complexity index is 626. The third kappa shape index (κ3) is 4.09. The molecule has 0 saturated carbocycles. The molecule has 2 rings (SSSR count). The second-order valence-electron chi connectivity index (χ2n) is 5.38. The van der Waals surface area contributed by atoms with Crippen LogP contribution in [0.5, 0.6) is 0 Å². The summed E-state index contributed by atoms with van der Waals surface area (Å²) in [5.41, 5.74) is -1.05. The van der Waals surface area contributed by atoms with Crippen LogP contribution in [0.25, 0.3) is 0 Å². The second-order valence-corrected chi connectivity index (χ2v) is 5.38. The van der Waals surface area contributed by atoms with Gasteiger partial charge in [0.05, 0.1) is 5.56 Å². The molecule has 1 heterocycles. The predicted molar refractivity (Wildman–Crippen MR) is 82.2 cm³/mol. The quantitative estimate of drug-likeness (QED) is 0.884. The molecule has 1 aromatic carbocycles. The van der Waals surface area contributed by atoms with Gasteiger partial charge in [0.15, 0.2) is 0 Å². The molecule has 6 nitrogen and oxygen atoms in total. The third-order valence-electron chi connectivity index (χ3n) is 3.83. The number of hydrogen-bond donors (Lipinski definition) is 2. The summed E-state index contributed by atoms with van der Waals surface area (Å²) in [5, 5.41) is 10.6. The lowest BCUT2D eigenvalue weighted by molar-refractivity contribution is -0.137. The normalized spacial score (nSPS) is 15.3. The lowest BCUT2D eigenvalue weighted by atomic mass is 10.1. The van der Waals surface area contributed by atoms with Gasteiger partial charge in [-0.2, -0.15) is 13.2 Å². The van der Waals surface area contributed by atoms with Crippen LogP contribution in [0.3, 0.4) is 0 Å². The van der Waals surface area contributed by atoms with E-state index in [0.717, 1.165) is 6.07 Å². The van der Waals surface area contributed by atoms with Crippen molar-refractivity contribution in [1.29, 1.82) is 0 Å². The maximum Gasteiger partial charge on any atom is 0.418 e. The van der Waals surface area contributed by atoms with Crippen LogP contribution in [-0.2, 0) is 11.0 Å². The zero-order valence-corrected chi connectivity index (χ0v) is 13.1. The highest BCUT2D eigenvalue weighted by Crippen LogP contribution is 2.38. The third-order valence-corrected chi connectivity index (χ3v) is 3.83. The van der Waals surface area contributed by atoms with Gasteiger partial charge in [0.2, 0.25) is 5.91 Å². The van der Waals surface area contributed by atoms with Crippen molar-refractivity contribution in [2.24, 2.45) is 0 Å². The molecule has 1 aliphatic rings. The highest BCUT2D eigenvalue weighted by Gasteiger charge is 2.36. The molecule has 0 unspecified atom stereocenters. The van der Waals surface area contributed by atoms with Crippen molar-refractivity contribution in [1.82, 2.24) is 4.90 Å². The van der Waals surface area contributed by atoms with E-state index in [4.69, 9.17) is 5.11 Å². The van der Waals surface area contributed by atoms with Crippen molar-refractivity contribution >= 4 is 23.4 Å². The van der Waals surface area contributed by atoms with Gasteiger partial charge in [0.25, 0.3) is 0 Å². The summed E-state index contributed by atoms with van der Waals surface area (Å²) >= 11 is 0. The van der Waals surface area contributed by atoms with E-state index in [1.54, 1.807) is 16.7 Å². The smallest absolute Gasteiger partial charge is 0.418 e. The first-order chi connectivity index (χ1) is 11.2. The van der Waals surface area contributed by atoms with Crippen LogP contribution < -0.4 is 10.2 Å². The Morgan fingerprint density at radius 2 is 1.83 bits per heavy atom. The molecule has 1 aromatic rings. The molecule has 0 aliphatic carbocycles. The van der Waals surface area contributed by atoms with Gasteiger partial charge in [-0.25, -0.2) is 4.79 Å². The fourth-order valence-corrected chi connectivity index (χ4v) is 2.66. The fraction of sp³-hybridized carbons (Fsp3) is 0.467. The molecule has 0 radical (unpaired) electrons. The fourth-order valence-electron chi connectivity index (χ4n) is 2.66. The van der Waals surface area contributed by atoms with Crippen LogP contribution in [0.4, 0.5) is 29.3 Å². The van der Waals surface area contributed by atoms with E-state index < -0.39 is 17.8 Å². The summed E-state index contributed by atoms with van der Waals surface area (Å²) in [5.74, 6) is -0.0216. The molecule has 2 N–H and O–H groups in total. The first-order valence-corrected chi connectivity index (χ1v) is 7.46. The Morgan fingerprint density at radius 3 is 2.33 bits per heavy atom. The molecule has 0 atom stereocenters. The van der Waals surface area contributed by atoms with Crippen molar-refractivity contribution in [3.63, 3.8) is 0 Å². The molecular weight excluding hydrogens is 327 g/mol. The summed E-state index contributed by atoms with van der Waals surface area (Å²) in [6.45, 7) is 3.05. The van der Waals surface area contributed by atoms with Gasteiger partial charge in [-0.05, 0) is 18.2 Å². The minimum absolute atomic E-state index is 0.0120. The highest BCUT2D eigenvalue weighted by atomic mass is 19.4. The standard InChI is InChI=1S/C15H18F3N3O3/c1-2-13(22)21-7-5-20(6-8-21)12-4-3-10(19-14(23)24)9-11(12)15(16,17)18/h3-4,9,19H,2,5-8H2,1H3,(H,23,24). The van der Waals surface area contributed by atoms with Crippen LogP contribution in [-0.4, -0.2) is 48.2 Å². The molecule has 2 amide bonds. The maximum atomic E-state index is 13.3. The molecule has 0 spiro atoms. The number of amides is 2. The molecule has 9 heteroatoms. The van der Waals surface area contributed by atoms with Gasteiger partial charge in [-0.3, -0.25) is 10.1 Å². The SMILES string of the molecule is CCC(=O)N1CCN(c2ccc(NC(=O)O)cc2C(F)(F)F)CC1. The number of carbonyl (C=O) groups excluding carboxylic acids is 1. The number of carboxylic acid groups (broad SMARTS) is 1. The lowest BCUT2D eigenvalue weighted by Crippen LogP contribution is -2.49. The molecule has 24 heavy (non-hydrogen) atoms. The molecule has 1 saturated heterocycles. The molecular formula is C15H18F3N3O3. The minimum atomic E-state index is -4.61. The zero-order chi connectivity index (χ0) is 17.9. The topological polar surface area (TPSA) is 72.9 Å². The molecule has 132 valence electrons. The Kier molecular flexibility index (Phi) is 5.20. The van der Waals surface area contributed by atoms with E-state index in [0.29, 0.717) is 32.6 Å². The number of benzene rings is 1. The second kappa shape index (κ2) is 6.98. The number of halogens is 3. The number of carbonyl (C=O) groups is 2. The number of piperazine rings is 1. The monoisotopic (exact) mass is 345 g/mol. The number of nitrogens with zero attached hydrogens (tertiary/aromatic N) is 2. The Labute approximate surface area is 136 Å². The summed E-state index contributed by atoms with van der Waals surface area (Å²) < 4.78 is 39.9. The number of rotatable bonds is 3. The molecule has 0 bridgehead atoms. The van der Waals surface area contributed by atoms with E-state index in [2.05, 4.69) is 0 Å². The van der Waals surface area contributed by atoms with Crippen LogP contribution >= 0.6 is 0 Å². The van der Waals surface area contributed by atoms with E-state index in [9.17, 15) is 22.8 Å². The Hall–Kier alpha value is -2.45. The van der Waals surface area contributed by atoms with Crippen molar-refractivity contribution in [3.8, 4) is 0 Å². The number of anilines is 2. The maximum absolute atomic E-state index is 13.3. The molecule has 0 aromatic heterocycles. The summed E-state index contributed by atoms with van der Waals surface area (Å²) in [6, 6.07) is 3.33. The average Bonchev–Trinajstić information content (AvgIpc) is 2.53. The van der Waals surface area contributed by atoms with Crippen LogP contribution in [0.15, 0.2) is 18.2 Å². The van der Waals surface area contributed by atoms with Gasteiger partial charge in [0, 0.05) is 44.0 Å². The van der Waals surface area contributed by atoms with Gasteiger partial charge < -0.3 is 14.9 Å². The van der Waals surface area contributed by atoms with Gasteiger partial charge in [-0.15, -0.1) is 0 Å². The zero-order valence-electron chi connectivity index (χ0n) is 13.1. The first-order valence-electron chi connectivity index (χ1n) is 7.46. The molecule has 1 aliphatic heterocycles. The van der Waals surface area contributed by atoms with E-state index in [1.165, 1.54) is 12.1 Å². The van der Waals surface area contributed by atoms with Gasteiger partial charge in [0.1, 0.15) is 0 Å². The van der Waals surface area contributed by atoms with E-state index in [1.807, 2.05) is 5.32 Å². The Balaban J connectivity index is 2.24. The predicted octanol–water partition coefficient (Wildman–Crippen LogP) is 2.85. The van der Waals surface area contributed by atoms with Crippen molar-refractivity contribution < 1.29 is 27.9 Å². The largest absolute Gasteiger partial charge is 0.465 e. The first kappa shape index (κ1) is 17.9. The van der Waals surface area contributed by atoms with E-state index >= 15 is 0 Å². The summed E-state index contributed by atoms with van der Waals surface area (Å²) in [6.07, 6.45) is -5.67. The lowest BCUT2D eigenvalue weighted by Gasteiger charge is -2.37. The van der Waals surface area contributed by atoms with Gasteiger partial charge in [-0.1, -0.05) is 6.92 Å². The van der Waals surface area contributed by atoms with E-state index in [-0.39, 0.29) is 17.3 Å². The van der Waals surface area contributed by atoms with Crippen LogP contribution in [0.2, 0.25) is 0 Å². The number of hydrogen-bond acceptors (Lipinski definition) is 3. The van der Waals surface area contributed by atoms with Crippen LogP contribution in [0, 0.1) is 0 Å². The number of alkyl halides is 3. The average molecular weight is 345 g/mol. The van der Waals surface area contributed by atoms with Gasteiger partial charge >= 0.3 is 12.3 Å². The summed E-state index contributed by atoms with van der Waals surface area (Å²) in [4.78, 5) is 25.4. The van der Waals surface area contributed by atoms with Crippen LogP contribution in [0.1, 0.15) is 18.9 Å². The van der Waals surface area contributed by atoms with Crippen molar-refractivity contribution in [2.45, 2.75) is 19.5 Å². The van der Waals surface area contributed by atoms with Crippen molar-refractivity contribution in [2.75, 3.05) is 36.4 Å².